The van der Waals surface area contributed by atoms with Crippen molar-refractivity contribution >= 4 is 28.7 Å². The summed E-state index contributed by atoms with van der Waals surface area (Å²) in [5.41, 5.74) is 1.02. The number of halogens is 1. The van der Waals surface area contributed by atoms with Crippen molar-refractivity contribution in [3.63, 3.8) is 0 Å². The highest BCUT2D eigenvalue weighted by atomic mass is 35.5. The standard InChI is InChI=1S/C14H14ClNO4S/c1-18-8-4-11(19-2)13(12(5-8)20-3)14-16-9(7-21-14)10(17)6-15/h4-5,7H,6H2,1-3H3. The quantitative estimate of drug-likeness (QED) is 0.602. The highest BCUT2D eigenvalue weighted by molar-refractivity contribution is 7.13. The van der Waals surface area contributed by atoms with Crippen LogP contribution in [0.2, 0.25) is 0 Å². The molecule has 0 saturated carbocycles. The molecule has 2 aromatic rings. The van der Waals surface area contributed by atoms with Crippen LogP contribution in [0.4, 0.5) is 0 Å². The lowest BCUT2D eigenvalue weighted by Gasteiger charge is -2.13. The molecule has 0 aliphatic carbocycles. The Labute approximate surface area is 131 Å². The van der Waals surface area contributed by atoms with Crippen LogP contribution in [-0.2, 0) is 0 Å². The number of ether oxygens (including phenoxy) is 3. The monoisotopic (exact) mass is 327 g/mol. The first-order valence-electron chi connectivity index (χ1n) is 5.99. The van der Waals surface area contributed by atoms with Crippen molar-refractivity contribution in [3.05, 3.63) is 23.2 Å². The van der Waals surface area contributed by atoms with E-state index in [-0.39, 0.29) is 11.7 Å². The van der Waals surface area contributed by atoms with Crippen molar-refractivity contribution < 1.29 is 19.0 Å². The Balaban J connectivity index is 2.56. The number of hydrogen-bond acceptors (Lipinski definition) is 6. The van der Waals surface area contributed by atoms with E-state index in [2.05, 4.69) is 4.98 Å². The van der Waals surface area contributed by atoms with Crippen molar-refractivity contribution in [2.75, 3.05) is 27.2 Å². The summed E-state index contributed by atoms with van der Waals surface area (Å²) in [7, 11) is 4.67. The molecule has 0 atom stereocenters. The van der Waals surface area contributed by atoms with Crippen LogP contribution in [0.25, 0.3) is 10.6 Å². The Hall–Kier alpha value is -1.79. The first kappa shape index (κ1) is 15.6. The number of ketones is 1. The molecule has 21 heavy (non-hydrogen) atoms. The fourth-order valence-corrected chi connectivity index (χ4v) is 2.82. The number of hydrogen-bond donors (Lipinski definition) is 0. The molecule has 1 aromatic carbocycles. The van der Waals surface area contributed by atoms with Gasteiger partial charge in [-0.25, -0.2) is 4.98 Å². The zero-order valence-electron chi connectivity index (χ0n) is 11.8. The second-order valence-corrected chi connectivity index (χ2v) is 5.13. The Kier molecular flexibility index (Phi) is 5.03. The SMILES string of the molecule is COc1cc(OC)c(-c2nc(C(=O)CCl)cs2)c(OC)c1. The van der Waals surface area contributed by atoms with Gasteiger partial charge in [-0.3, -0.25) is 4.79 Å². The van der Waals surface area contributed by atoms with Gasteiger partial charge in [-0.15, -0.1) is 22.9 Å². The second kappa shape index (κ2) is 6.78. The molecule has 112 valence electrons. The van der Waals surface area contributed by atoms with Crippen LogP contribution in [0.5, 0.6) is 17.2 Å². The second-order valence-electron chi connectivity index (χ2n) is 4.00. The molecule has 1 aromatic heterocycles. The molecule has 0 amide bonds. The van der Waals surface area contributed by atoms with E-state index in [9.17, 15) is 4.79 Å². The van der Waals surface area contributed by atoms with E-state index >= 15 is 0 Å². The lowest BCUT2D eigenvalue weighted by molar-refractivity contribution is 0.101. The van der Waals surface area contributed by atoms with Gasteiger partial charge in [0.2, 0.25) is 0 Å². The normalized spacial score (nSPS) is 10.3. The zero-order chi connectivity index (χ0) is 15.4. The van der Waals surface area contributed by atoms with Gasteiger partial charge in [0.1, 0.15) is 28.0 Å². The van der Waals surface area contributed by atoms with Crippen LogP contribution in [0.15, 0.2) is 17.5 Å². The fourth-order valence-electron chi connectivity index (χ4n) is 1.80. The summed E-state index contributed by atoms with van der Waals surface area (Å²) in [6, 6.07) is 3.48. The molecular formula is C14H14ClNO4S. The molecule has 0 aliphatic rings. The van der Waals surface area contributed by atoms with Crippen LogP contribution in [0, 0.1) is 0 Å². The molecule has 0 fully saturated rings. The molecular weight excluding hydrogens is 314 g/mol. The number of Topliss-reactive ketones (excluding diaryl/α,β-unsaturated/α-hetero) is 1. The minimum absolute atomic E-state index is 0.0972. The molecule has 0 N–H and O–H groups in total. The van der Waals surface area contributed by atoms with E-state index in [0.29, 0.717) is 33.5 Å². The van der Waals surface area contributed by atoms with Gasteiger partial charge in [0.25, 0.3) is 0 Å². The Morgan fingerprint density at radius 3 is 2.29 bits per heavy atom. The Morgan fingerprint density at radius 1 is 1.19 bits per heavy atom. The molecule has 7 heteroatoms. The predicted molar refractivity (Wildman–Crippen MR) is 82.3 cm³/mol. The van der Waals surface area contributed by atoms with Gasteiger partial charge >= 0.3 is 0 Å². The predicted octanol–water partition coefficient (Wildman–Crippen LogP) is 3.26. The number of rotatable bonds is 6. The maximum Gasteiger partial charge on any atom is 0.196 e. The summed E-state index contributed by atoms with van der Waals surface area (Å²) in [5.74, 6) is 1.42. The van der Waals surface area contributed by atoms with Gasteiger partial charge in [0.05, 0.1) is 32.8 Å². The van der Waals surface area contributed by atoms with E-state index in [1.807, 2.05) is 0 Å². The summed E-state index contributed by atoms with van der Waals surface area (Å²) in [6.07, 6.45) is 0. The van der Waals surface area contributed by atoms with E-state index < -0.39 is 0 Å². The number of thiazole rings is 1. The molecule has 0 unspecified atom stereocenters. The van der Waals surface area contributed by atoms with Gasteiger partial charge in [0.15, 0.2) is 5.78 Å². The van der Waals surface area contributed by atoms with Crippen molar-refractivity contribution in [3.8, 4) is 27.8 Å². The maximum absolute atomic E-state index is 11.6. The van der Waals surface area contributed by atoms with E-state index in [1.165, 1.54) is 11.3 Å². The molecule has 2 rings (SSSR count). The van der Waals surface area contributed by atoms with Crippen molar-refractivity contribution in [2.45, 2.75) is 0 Å². The number of nitrogens with zero attached hydrogens (tertiary/aromatic N) is 1. The summed E-state index contributed by atoms with van der Waals surface area (Å²) in [5, 5.41) is 2.29. The molecule has 0 aliphatic heterocycles. The Morgan fingerprint density at radius 2 is 1.81 bits per heavy atom. The largest absolute Gasteiger partial charge is 0.496 e. The third-order valence-corrected chi connectivity index (χ3v) is 3.94. The number of carbonyl (C=O) groups is 1. The fraction of sp³-hybridized carbons (Fsp3) is 0.286. The number of aromatic nitrogens is 1. The number of alkyl halides is 1. The average Bonchev–Trinajstić information content (AvgIpc) is 3.01. The maximum atomic E-state index is 11.6. The molecule has 0 radical (unpaired) electrons. The molecule has 1 heterocycles. The van der Waals surface area contributed by atoms with Crippen LogP contribution in [0.1, 0.15) is 10.5 Å². The molecule has 0 spiro atoms. The van der Waals surface area contributed by atoms with Crippen LogP contribution >= 0.6 is 22.9 Å². The molecule has 0 saturated heterocycles. The van der Waals surface area contributed by atoms with E-state index in [4.69, 9.17) is 25.8 Å². The van der Waals surface area contributed by atoms with Crippen molar-refractivity contribution in [1.29, 1.82) is 0 Å². The van der Waals surface area contributed by atoms with Gasteiger partial charge in [-0.1, -0.05) is 0 Å². The summed E-state index contributed by atoms with van der Waals surface area (Å²) in [4.78, 5) is 15.9. The lowest BCUT2D eigenvalue weighted by atomic mass is 10.1. The van der Waals surface area contributed by atoms with Crippen molar-refractivity contribution in [1.82, 2.24) is 4.98 Å². The third kappa shape index (κ3) is 3.11. The first-order valence-corrected chi connectivity index (χ1v) is 7.41. The zero-order valence-corrected chi connectivity index (χ0v) is 13.4. The van der Waals surface area contributed by atoms with Crippen LogP contribution < -0.4 is 14.2 Å². The molecule has 0 bridgehead atoms. The first-order chi connectivity index (χ1) is 10.1. The van der Waals surface area contributed by atoms with Gasteiger partial charge in [-0.2, -0.15) is 0 Å². The van der Waals surface area contributed by atoms with Gasteiger partial charge in [-0.05, 0) is 0 Å². The highest BCUT2D eigenvalue weighted by Gasteiger charge is 2.19. The average molecular weight is 328 g/mol. The van der Waals surface area contributed by atoms with Crippen molar-refractivity contribution in [2.24, 2.45) is 0 Å². The Bertz CT molecular complexity index is 631. The third-order valence-electron chi connectivity index (χ3n) is 2.84. The number of carbonyl (C=O) groups excluding carboxylic acids is 1. The minimum atomic E-state index is -0.217. The topological polar surface area (TPSA) is 57.7 Å². The number of benzene rings is 1. The summed E-state index contributed by atoms with van der Waals surface area (Å²) >= 11 is 6.88. The smallest absolute Gasteiger partial charge is 0.196 e. The summed E-state index contributed by atoms with van der Waals surface area (Å²) < 4.78 is 16.0. The van der Waals surface area contributed by atoms with Crippen LogP contribution in [-0.4, -0.2) is 38.0 Å². The minimum Gasteiger partial charge on any atom is -0.496 e. The van der Waals surface area contributed by atoms with Crippen LogP contribution in [0.3, 0.4) is 0 Å². The highest BCUT2D eigenvalue weighted by Crippen LogP contribution is 2.42. The van der Waals surface area contributed by atoms with E-state index in [0.717, 1.165) is 0 Å². The molecule has 5 nitrogen and oxygen atoms in total. The summed E-state index contributed by atoms with van der Waals surface area (Å²) in [6.45, 7) is 0. The van der Waals surface area contributed by atoms with Gasteiger partial charge in [0, 0.05) is 17.5 Å². The van der Waals surface area contributed by atoms with Gasteiger partial charge < -0.3 is 14.2 Å². The number of methoxy groups -OCH3 is 3. The lowest BCUT2D eigenvalue weighted by Crippen LogP contribution is -2.00. The van der Waals surface area contributed by atoms with E-state index in [1.54, 1.807) is 38.8 Å².